The van der Waals surface area contributed by atoms with Crippen LogP contribution in [0.4, 0.5) is 11.8 Å². The molecule has 0 aliphatic rings. The van der Waals surface area contributed by atoms with Crippen LogP contribution in [0.3, 0.4) is 0 Å². The maximum Gasteiger partial charge on any atom is 0.224 e. The Morgan fingerprint density at radius 2 is 2.06 bits per heavy atom. The van der Waals surface area contributed by atoms with Crippen LogP contribution in [0.5, 0.6) is 0 Å². The van der Waals surface area contributed by atoms with Crippen molar-refractivity contribution >= 4 is 23.1 Å². The number of nitrogens with one attached hydrogen (secondary N) is 1. The highest BCUT2D eigenvalue weighted by Gasteiger charge is 2.08. The summed E-state index contributed by atoms with van der Waals surface area (Å²) in [6.07, 6.45) is 0. The molecule has 0 aliphatic heterocycles. The van der Waals surface area contributed by atoms with Crippen LogP contribution in [0.2, 0.25) is 0 Å². The molecule has 0 aliphatic carbocycles. The van der Waals surface area contributed by atoms with Crippen molar-refractivity contribution in [2.45, 2.75) is 20.4 Å². The zero-order valence-corrected chi connectivity index (χ0v) is 11.9. The van der Waals surface area contributed by atoms with Gasteiger partial charge < -0.3 is 10.2 Å². The van der Waals surface area contributed by atoms with E-state index in [4.69, 9.17) is 0 Å². The Morgan fingerprint density at radius 3 is 2.67 bits per heavy atom. The molecule has 2 aromatic rings. The number of anilines is 2. The van der Waals surface area contributed by atoms with Crippen molar-refractivity contribution < 1.29 is 0 Å². The predicted octanol–water partition coefficient (Wildman–Crippen LogP) is 2.23. The van der Waals surface area contributed by atoms with Crippen molar-refractivity contribution in [2.75, 3.05) is 24.3 Å². The second-order valence-electron chi connectivity index (χ2n) is 4.16. The Labute approximate surface area is 111 Å². The third kappa shape index (κ3) is 2.95. The second kappa shape index (κ2) is 5.30. The minimum atomic E-state index is 0.645. The molecular weight excluding hydrogens is 246 g/mol. The first-order valence-electron chi connectivity index (χ1n) is 5.74. The van der Waals surface area contributed by atoms with Crippen molar-refractivity contribution in [1.29, 1.82) is 0 Å². The van der Waals surface area contributed by atoms with Crippen molar-refractivity contribution in [3.05, 3.63) is 27.8 Å². The highest BCUT2D eigenvalue weighted by atomic mass is 32.1. The zero-order chi connectivity index (χ0) is 13.1. The van der Waals surface area contributed by atoms with Gasteiger partial charge in [-0.15, -0.1) is 11.3 Å². The molecule has 0 aromatic carbocycles. The van der Waals surface area contributed by atoms with Crippen molar-refractivity contribution in [3.63, 3.8) is 0 Å². The summed E-state index contributed by atoms with van der Waals surface area (Å²) in [5.41, 5.74) is 2.02. The summed E-state index contributed by atoms with van der Waals surface area (Å²) in [6, 6.07) is 1.97. The summed E-state index contributed by atoms with van der Waals surface area (Å²) < 4.78 is 0. The van der Waals surface area contributed by atoms with Gasteiger partial charge in [-0.2, -0.15) is 4.98 Å². The van der Waals surface area contributed by atoms with Gasteiger partial charge in [0, 0.05) is 31.2 Å². The van der Waals surface area contributed by atoms with E-state index in [1.165, 1.54) is 0 Å². The number of rotatable bonds is 4. The largest absolute Gasteiger partial charge is 0.357 e. The molecule has 0 fully saturated rings. The van der Waals surface area contributed by atoms with Crippen molar-refractivity contribution in [3.8, 4) is 0 Å². The van der Waals surface area contributed by atoms with Gasteiger partial charge >= 0.3 is 0 Å². The number of thiazole rings is 1. The minimum absolute atomic E-state index is 0.645. The van der Waals surface area contributed by atoms with Crippen LogP contribution in [0, 0.1) is 13.8 Å². The SMILES string of the molecule is CNc1nc(C)cc(N(C)Cc2csc(C)n2)n1. The fourth-order valence-electron chi connectivity index (χ4n) is 1.66. The fourth-order valence-corrected chi connectivity index (χ4v) is 2.27. The van der Waals surface area contributed by atoms with E-state index in [0.29, 0.717) is 5.95 Å². The van der Waals surface area contributed by atoms with Gasteiger partial charge in [0.1, 0.15) is 5.82 Å². The Morgan fingerprint density at radius 1 is 1.28 bits per heavy atom. The third-order valence-corrected chi connectivity index (χ3v) is 3.34. The first-order valence-corrected chi connectivity index (χ1v) is 6.62. The molecule has 6 heteroatoms. The Hall–Kier alpha value is -1.69. The van der Waals surface area contributed by atoms with Gasteiger partial charge in [0.05, 0.1) is 17.2 Å². The summed E-state index contributed by atoms with van der Waals surface area (Å²) in [4.78, 5) is 15.3. The Bertz CT molecular complexity index is 537. The van der Waals surface area contributed by atoms with Crippen LogP contribution >= 0.6 is 11.3 Å². The van der Waals surface area contributed by atoms with Crippen LogP contribution < -0.4 is 10.2 Å². The lowest BCUT2D eigenvalue weighted by Crippen LogP contribution is -2.19. The van der Waals surface area contributed by atoms with E-state index in [9.17, 15) is 0 Å². The number of aromatic nitrogens is 3. The molecule has 0 saturated carbocycles. The maximum absolute atomic E-state index is 4.46. The molecule has 2 aromatic heterocycles. The van der Waals surface area contributed by atoms with E-state index in [2.05, 4.69) is 30.5 Å². The molecule has 0 amide bonds. The molecule has 96 valence electrons. The summed E-state index contributed by atoms with van der Waals surface area (Å²) in [7, 11) is 3.83. The van der Waals surface area contributed by atoms with Gasteiger partial charge in [-0.05, 0) is 13.8 Å². The smallest absolute Gasteiger partial charge is 0.224 e. The predicted molar refractivity (Wildman–Crippen MR) is 75.3 cm³/mol. The summed E-state index contributed by atoms with van der Waals surface area (Å²) in [6.45, 7) is 4.74. The van der Waals surface area contributed by atoms with Crippen molar-refractivity contribution in [2.24, 2.45) is 0 Å². The molecule has 0 bridgehead atoms. The first-order chi connectivity index (χ1) is 8.58. The lowest BCUT2D eigenvalue weighted by molar-refractivity contribution is 0.863. The molecule has 0 radical (unpaired) electrons. The van der Waals surface area contributed by atoms with Gasteiger partial charge in [-0.25, -0.2) is 9.97 Å². The molecule has 0 spiro atoms. The van der Waals surface area contributed by atoms with E-state index < -0.39 is 0 Å². The van der Waals surface area contributed by atoms with E-state index in [1.54, 1.807) is 11.3 Å². The average molecular weight is 263 g/mol. The Kier molecular flexibility index (Phi) is 3.76. The van der Waals surface area contributed by atoms with Gasteiger partial charge in [0.25, 0.3) is 0 Å². The molecular formula is C12H17N5S. The summed E-state index contributed by atoms with van der Waals surface area (Å²) in [5, 5.41) is 6.14. The van der Waals surface area contributed by atoms with E-state index in [1.807, 2.05) is 34.0 Å². The molecule has 1 N–H and O–H groups in total. The molecule has 0 atom stereocenters. The monoisotopic (exact) mass is 263 g/mol. The fraction of sp³-hybridized carbons (Fsp3) is 0.417. The number of aryl methyl sites for hydroxylation is 2. The molecule has 2 rings (SSSR count). The average Bonchev–Trinajstić information content (AvgIpc) is 2.73. The molecule has 5 nitrogen and oxygen atoms in total. The summed E-state index contributed by atoms with van der Waals surface area (Å²) >= 11 is 1.67. The topological polar surface area (TPSA) is 53.9 Å². The van der Waals surface area contributed by atoms with Crippen LogP contribution in [0.25, 0.3) is 0 Å². The Balaban J connectivity index is 2.17. The standard InChI is InChI=1S/C12H17N5S/c1-8-5-11(16-12(13-3)14-8)17(4)6-10-7-18-9(2)15-10/h5,7H,6H2,1-4H3,(H,13,14,16). The minimum Gasteiger partial charge on any atom is -0.357 e. The van der Waals surface area contributed by atoms with E-state index in [0.717, 1.165) is 28.8 Å². The number of hydrogen-bond donors (Lipinski definition) is 1. The zero-order valence-electron chi connectivity index (χ0n) is 11.1. The molecule has 18 heavy (non-hydrogen) atoms. The first kappa shape index (κ1) is 12.8. The highest BCUT2D eigenvalue weighted by Crippen LogP contribution is 2.17. The quantitative estimate of drug-likeness (QED) is 0.916. The third-order valence-electron chi connectivity index (χ3n) is 2.52. The maximum atomic E-state index is 4.46. The number of nitrogens with zero attached hydrogens (tertiary/aromatic N) is 4. The summed E-state index contributed by atoms with van der Waals surface area (Å²) in [5.74, 6) is 1.55. The van der Waals surface area contributed by atoms with Gasteiger partial charge in [-0.1, -0.05) is 0 Å². The van der Waals surface area contributed by atoms with Gasteiger partial charge in [0.2, 0.25) is 5.95 Å². The van der Waals surface area contributed by atoms with Crippen molar-refractivity contribution in [1.82, 2.24) is 15.0 Å². The van der Waals surface area contributed by atoms with Crippen LogP contribution in [-0.4, -0.2) is 29.0 Å². The lowest BCUT2D eigenvalue weighted by atomic mass is 10.4. The van der Waals surface area contributed by atoms with E-state index in [-0.39, 0.29) is 0 Å². The normalized spacial score (nSPS) is 10.4. The van der Waals surface area contributed by atoms with Gasteiger partial charge in [-0.3, -0.25) is 0 Å². The molecule has 0 saturated heterocycles. The van der Waals surface area contributed by atoms with Crippen LogP contribution in [-0.2, 0) is 6.54 Å². The number of hydrogen-bond acceptors (Lipinski definition) is 6. The molecule has 2 heterocycles. The van der Waals surface area contributed by atoms with Gasteiger partial charge in [0.15, 0.2) is 0 Å². The second-order valence-corrected chi connectivity index (χ2v) is 5.22. The molecule has 0 unspecified atom stereocenters. The van der Waals surface area contributed by atoms with E-state index >= 15 is 0 Å². The lowest BCUT2D eigenvalue weighted by Gasteiger charge is -2.17. The highest BCUT2D eigenvalue weighted by molar-refractivity contribution is 7.09. The van der Waals surface area contributed by atoms with Crippen LogP contribution in [0.1, 0.15) is 16.4 Å². The van der Waals surface area contributed by atoms with Crippen LogP contribution in [0.15, 0.2) is 11.4 Å².